The first kappa shape index (κ1) is 8.52. The molecule has 0 unspecified atom stereocenters. The van der Waals surface area contributed by atoms with Crippen molar-refractivity contribution in [3.63, 3.8) is 0 Å². The molecule has 1 aromatic rings. The molecule has 1 aliphatic rings. The van der Waals surface area contributed by atoms with Crippen molar-refractivity contribution >= 4 is 5.57 Å². The molecule has 13 heavy (non-hydrogen) atoms. The Morgan fingerprint density at radius 2 is 1.77 bits per heavy atom. The van der Waals surface area contributed by atoms with E-state index in [0.29, 0.717) is 0 Å². The SMILES string of the molecule is CC(C)(O)C1=C(c2ccccc2)C1. The van der Waals surface area contributed by atoms with Gasteiger partial charge in [-0.2, -0.15) is 0 Å². The Labute approximate surface area is 78.7 Å². The van der Waals surface area contributed by atoms with Gasteiger partial charge in [0.15, 0.2) is 0 Å². The summed E-state index contributed by atoms with van der Waals surface area (Å²) in [5, 5.41) is 9.73. The molecule has 1 N–H and O–H groups in total. The van der Waals surface area contributed by atoms with Crippen molar-refractivity contribution in [2.45, 2.75) is 25.9 Å². The van der Waals surface area contributed by atoms with Gasteiger partial charge in [-0.25, -0.2) is 0 Å². The first-order valence-corrected chi connectivity index (χ1v) is 4.59. The third kappa shape index (κ3) is 1.65. The van der Waals surface area contributed by atoms with Gasteiger partial charge in [0.1, 0.15) is 0 Å². The van der Waals surface area contributed by atoms with E-state index in [0.717, 1.165) is 6.42 Å². The van der Waals surface area contributed by atoms with Crippen LogP contribution in [0.5, 0.6) is 0 Å². The Balaban J connectivity index is 2.29. The zero-order chi connectivity index (χ0) is 9.47. The molecule has 0 amide bonds. The second-order valence-electron chi connectivity index (χ2n) is 4.06. The molecule has 0 saturated heterocycles. The largest absolute Gasteiger partial charge is 0.386 e. The summed E-state index contributed by atoms with van der Waals surface area (Å²) >= 11 is 0. The van der Waals surface area contributed by atoms with Crippen molar-refractivity contribution in [1.29, 1.82) is 0 Å². The van der Waals surface area contributed by atoms with Crippen LogP contribution in [-0.4, -0.2) is 10.7 Å². The molecule has 0 atom stereocenters. The van der Waals surface area contributed by atoms with Crippen molar-refractivity contribution < 1.29 is 5.11 Å². The van der Waals surface area contributed by atoms with Gasteiger partial charge in [0.05, 0.1) is 5.60 Å². The molecule has 0 radical (unpaired) electrons. The predicted molar refractivity (Wildman–Crippen MR) is 54.3 cm³/mol. The van der Waals surface area contributed by atoms with E-state index < -0.39 is 5.60 Å². The average molecular weight is 174 g/mol. The highest BCUT2D eigenvalue weighted by Crippen LogP contribution is 2.45. The zero-order valence-corrected chi connectivity index (χ0v) is 8.04. The lowest BCUT2D eigenvalue weighted by molar-refractivity contribution is 0.124. The molecule has 2 rings (SSSR count). The molecule has 0 spiro atoms. The summed E-state index contributed by atoms with van der Waals surface area (Å²) in [6, 6.07) is 10.3. The first-order valence-electron chi connectivity index (χ1n) is 4.59. The lowest BCUT2D eigenvalue weighted by Gasteiger charge is -2.11. The highest BCUT2D eigenvalue weighted by Gasteiger charge is 2.33. The summed E-state index contributed by atoms with van der Waals surface area (Å²) in [7, 11) is 0. The van der Waals surface area contributed by atoms with Crippen molar-refractivity contribution in [3.8, 4) is 0 Å². The van der Waals surface area contributed by atoms with Crippen LogP contribution in [0.4, 0.5) is 0 Å². The second-order valence-corrected chi connectivity index (χ2v) is 4.06. The lowest BCUT2D eigenvalue weighted by Crippen LogP contribution is -2.16. The van der Waals surface area contributed by atoms with Gasteiger partial charge >= 0.3 is 0 Å². The van der Waals surface area contributed by atoms with Crippen molar-refractivity contribution in [3.05, 3.63) is 41.5 Å². The monoisotopic (exact) mass is 174 g/mol. The maximum absolute atomic E-state index is 9.73. The minimum Gasteiger partial charge on any atom is -0.386 e. The number of benzene rings is 1. The molecule has 1 aromatic carbocycles. The molecule has 68 valence electrons. The molecular formula is C12H14O. The molecule has 0 heterocycles. The van der Waals surface area contributed by atoms with Gasteiger partial charge in [-0.15, -0.1) is 0 Å². The summed E-state index contributed by atoms with van der Waals surface area (Å²) in [5.74, 6) is 0. The van der Waals surface area contributed by atoms with Crippen LogP contribution in [0.1, 0.15) is 25.8 Å². The van der Waals surface area contributed by atoms with E-state index in [-0.39, 0.29) is 0 Å². The fraction of sp³-hybridized carbons (Fsp3) is 0.333. The van der Waals surface area contributed by atoms with Crippen molar-refractivity contribution in [1.82, 2.24) is 0 Å². The van der Waals surface area contributed by atoms with E-state index in [1.807, 2.05) is 32.0 Å². The van der Waals surface area contributed by atoms with E-state index in [1.54, 1.807) is 0 Å². The fourth-order valence-corrected chi connectivity index (χ4v) is 1.63. The molecule has 0 bridgehead atoms. The molecule has 0 aliphatic heterocycles. The number of rotatable bonds is 2. The average Bonchev–Trinajstić information content (AvgIpc) is 2.83. The van der Waals surface area contributed by atoms with Gasteiger partial charge in [-0.05, 0) is 37.0 Å². The van der Waals surface area contributed by atoms with Crippen LogP contribution < -0.4 is 0 Å². The van der Waals surface area contributed by atoms with Gasteiger partial charge in [0.2, 0.25) is 0 Å². The lowest BCUT2D eigenvalue weighted by atomic mass is 10.1. The highest BCUT2D eigenvalue weighted by molar-refractivity contribution is 5.84. The fourth-order valence-electron chi connectivity index (χ4n) is 1.63. The van der Waals surface area contributed by atoms with Crippen LogP contribution in [0, 0.1) is 0 Å². The molecule has 0 fully saturated rings. The summed E-state index contributed by atoms with van der Waals surface area (Å²) in [6.45, 7) is 3.69. The minimum atomic E-state index is -0.634. The zero-order valence-electron chi connectivity index (χ0n) is 8.04. The third-order valence-corrected chi connectivity index (χ3v) is 2.45. The number of hydrogen-bond donors (Lipinski definition) is 1. The van der Waals surface area contributed by atoms with Crippen LogP contribution >= 0.6 is 0 Å². The summed E-state index contributed by atoms with van der Waals surface area (Å²) in [6.07, 6.45) is 0.966. The maximum Gasteiger partial charge on any atom is 0.0809 e. The van der Waals surface area contributed by atoms with Gasteiger partial charge in [0.25, 0.3) is 0 Å². The van der Waals surface area contributed by atoms with Crippen LogP contribution in [-0.2, 0) is 0 Å². The van der Waals surface area contributed by atoms with E-state index in [2.05, 4.69) is 12.1 Å². The Hall–Kier alpha value is -1.08. The summed E-state index contributed by atoms with van der Waals surface area (Å²) in [5.41, 5.74) is 3.11. The molecule has 0 aromatic heterocycles. The smallest absolute Gasteiger partial charge is 0.0809 e. The quantitative estimate of drug-likeness (QED) is 0.730. The number of allylic oxidation sites excluding steroid dienone is 1. The Kier molecular flexibility index (Phi) is 1.77. The second kappa shape index (κ2) is 2.71. The Bertz CT molecular complexity index is 341. The molecule has 0 saturated carbocycles. The number of hydrogen-bond acceptors (Lipinski definition) is 1. The third-order valence-electron chi connectivity index (χ3n) is 2.45. The number of aliphatic hydroxyl groups is 1. The van der Waals surface area contributed by atoms with Crippen molar-refractivity contribution in [2.24, 2.45) is 0 Å². The molecule has 1 nitrogen and oxygen atoms in total. The minimum absolute atomic E-state index is 0.634. The Morgan fingerprint density at radius 1 is 1.15 bits per heavy atom. The first-order chi connectivity index (χ1) is 6.09. The van der Waals surface area contributed by atoms with Crippen LogP contribution in [0.2, 0.25) is 0 Å². The predicted octanol–water partition coefficient (Wildman–Crippen LogP) is 2.61. The molecular weight excluding hydrogens is 160 g/mol. The van der Waals surface area contributed by atoms with E-state index >= 15 is 0 Å². The summed E-state index contributed by atoms with van der Waals surface area (Å²) in [4.78, 5) is 0. The van der Waals surface area contributed by atoms with Crippen LogP contribution in [0.3, 0.4) is 0 Å². The van der Waals surface area contributed by atoms with E-state index in [9.17, 15) is 5.11 Å². The molecule has 1 heteroatoms. The van der Waals surface area contributed by atoms with Crippen LogP contribution in [0.25, 0.3) is 5.57 Å². The molecule has 1 aliphatic carbocycles. The van der Waals surface area contributed by atoms with Gasteiger partial charge in [0, 0.05) is 0 Å². The van der Waals surface area contributed by atoms with Gasteiger partial charge in [-0.1, -0.05) is 30.3 Å². The van der Waals surface area contributed by atoms with E-state index in [1.165, 1.54) is 16.7 Å². The van der Waals surface area contributed by atoms with E-state index in [4.69, 9.17) is 0 Å². The normalized spacial score (nSPS) is 16.2. The Morgan fingerprint density at radius 3 is 2.23 bits per heavy atom. The topological polar surface area (TPSA) is 20.2 Å². The van der Waals surface area contributed by atoms with Gasteiger partial charge < -0.3 is 5.11 Å². The standard InChI is InChI=1S/C12H14O/c1-12(2,13)11-8-10(11)9-6-4-3-5-7-9/h3-7,13H,8H2,1-2H3. The van der Waals surface area contributed by atoms with Crippen LogP contribution in [0.15, 0.2) is 35.9 Å². The van der Waals surface area contributed by atoms with Gasteiger partial charge in [-0.3, -0.25) is 0 Å². The summed E-state index contributed by atoms with van der Waals surface area (Å²) < 4.78 is 0. The maximum atomic E-state index is 9.73. The van der Waals surface area contributed by atoms with Crippen molar-refractivity contribution in [2.75, 3.05) is 0 Å². The highest BCUT2D eigenvalue weighted by atomic mass is 16.3.